The summed E-state index contributed by atoms with van der Waals surface area (Å²) in [5.41, 5.74) is 0.787. The Labute approximate surface area is 89.1 Å². The van der Waals surface area contributed by atoms with Crippen molar-refractivity contribution in [1.29, 1.82) is 0 Å². The van der Waals surface area contributed by atoms with Crippen molar-refractivity contribution in [1.82, 2.24) is 0 Å². The van der Waals surface area contributed by atoms with Gasteiger partial charge >= 0.3 is 0 Å². The summed E-state index contributed by atoms with van der Waals surface area (Å²) < 4.78 is 22.3. The Kier molecular flexibility index (Phi) is 3.72. The van der Waals surface area contributed by atoms with Crippen LogP contribution in [-0.4, -0.2) is 14.2 Å². The third kappa shape index (κ3) is 3.52. The smallest absolute Gasteiger partial charge is 0.171 e. The molecule has 0 spiro atoms. The van der Waals surface area contributed by atoms with Gasteiger partial charge in [-0.1, -0.05) is 30.7 Å². The topological polar surface area (TPSA) is 34.1 Å². The molecule has 0 atom stereocenters. The summed E-state index contributed by atoms with van der Waals surface area (Å²) in [6.45, 7) is 1.61. The Balaban J connectivity index is 2.89. The molecule has 1 rings (SSSR count). The number of benzene rings is 1. The van der Waals surface area contributed by atoms with Crippen molar-refractivity contribution in [3.05, 3.63) is 40.3 Å². The summed E-state index contributed by atoms with van der Waals surface area (Å²) >= 11 is 5.75. The minimum absolute atomic E-state index is 0.115. The minimum Gasteiger partial charge on any atom is -0.224 e. The Bertz CT molecular complexity index is 435. The first-order valence-corrected chi connectivity index (χ1v) is 6.29. The molecule has 0 saturated carbocycles. The van der Waals surface area contributed by atoms with Crippen LogP contribution < -0.4 is 0 Å². The van der Waals surface area contributed by atoms with Crippen LogP contribution >= 0.6 is 11.6 Å². The molecule has 0 aliphatic heterocycles. The number of halogens is 1. The lowest BCUT2D eigenvalue weighted by Crippen LogP contribution is -1.96. The van der Waals surface area contributed by atoms with E-state index < -0.39 is 9.84 Å². The van der Waals surface area contributed by atoms with Crippen molar-refractivity contribution in [2.24, 2.45) is 0 Å². The van der Waals surface area contributed by atoms with Crippen molar-refractivity contribution in [3.63, 3.8) is 0 Å². The summed E-state index contributed by atoms with van der Waals surface area (Å²) in [6.07, 6.45) is 1.55. The quantitative estimate of drug-likeness (QED) is 0.800. The lowest BCUT2D eigenvalue weighted by molar-refractivity contribution is 0.606. The summed E-state index contributed by atoms with van der Waals surface area (Å²) in [4.78, 5) is 0. The molecule has 0 unspecified atom stereocenters. The second-order valence-electron chi connectivity index (χ2n) is 2.81. The number of hydrogen-bond donors (Lipinski definition) is 0. The molecular formula is C10H11ClO2S. The molecule has 76 valence electrons. The van der Waals surface area contributed by atoms with Gasteiger partial charge in [0.15, 0.2) is 9.84 Å². The molecule has 2 nitrogen and oxygen atoms in total. The normalized spacial score (nSPS) is 12.1. The highest BCUT2D eigenvalue weighted by atomic mass is 35.5. The summed E-state index contributed by atoms with van der Waals surface area (Å²) in [6, 6.07) is 7.03. The molecule has 14 heavy (non-hydrogen) atoms. The summed E-state index contributed by atoms with van der Waals surface area (Å²) in [7, 11) is -3.05. The molecule has 4 heteroatoms. The highest BCUT2D eigenvalue weighted by Gasteiger charge is 1.99. The van der Waals surface area contributed by atoms with Gasteiger partial charge in [0.05, 0.1) is 5.75 Å². The monoisotopic (exact) mass is 230 g/mol. The molecule has 0 fully saturated rings. The van der Waals surface area contributed by atoms with Crippen LogP contribution in [0.2, 0.25) is 5.02 Å². The van der Waals surface area contributed by atoms with Gasteiger partial charge in [0, 0.05) is 10.4 Å². The van der Waals surface area contributed by atoms with Gasteiger partial charge in [-0.25, -0.2) is 8.42 Å². The Morgan fingerprint density at radius 1 is 1.43 bits per heavy atom. The maximum absolute atomic E-state index is 11.1. The van der Waals surface area contributed by atoms with Crippen molar-refractivity contribution in [2.45, 2.75) is 6.92 Å². The maximum Gasteiger partial charge on any atom is 0.171 e. The molecule has 0 aliphatic carbocycles. The van der Waals surface area contributed by atoms with E-state index in [2.05, 4.69) is 0 Å². The fourth-order valence-electron chi connectivity index (χ4n) is 0.889. The molecule has 1 aromatic carbocycles. The van der Waals surface area contributed by atoms with Crippen LogP contribution in [0.25, 0.3) is 6.08 Å². The van der Waals surface area contributed by atoms with Gasteiger partial charge in [0.25, 0.3) is 0 Å². The van der Waals surface area contributed by atoms with Crippen molar-refractivity contribution in [3.8, 4) is 0 Å². The number of rotatable bonds is 3. The largest absolute Gasteiger partial charge is 0.224 e. The van der Waals surface area contributed by atoms with Crippen LogP contribution in [0.5, 0.6) is 0 Å². The van der Waals surface area contributed by atoms with E-state index in [9.17, 15) is 8.42 Å². The number of hydrogen-bond acceptors (Lipinski definition) is 2. The van der Waals surface area contributed by atoms with Gasteiger partial charge in [-0.15, -0.1) is 0 Å². The molecule has 0 bridgehead atoms. The first kappa shape index (κ1) is 11.3. The Morgan fingerprint density at radius 3 is 2.71 bits per heavy atom. The molecule has 0 N–H and O–H groups in total. The van der Waals surface area contributed by atoms with E-state index in [4.69, 9.17) is 11.6 Å². The second-order valence-corrected chi connectivity index (χ2v) is 5.42. The highest BCUT2D eigenvalue weighted by molar-refractivity contribution is 7.94. The van der Waals surface area contributed by atoms with Gasteiger partial charge in [0.2, 0.25) is 0 Å². The zero-order valence-corrected chi connectivity index (χ0v) is 9.35. The fraction of sp³-hybridized carbons (Fsp3) is 0.200. The van der Waals surface area contributed by atoms with E-state index in [0.29, 0.717) is 5.02 Å². The van der Waals surface area contributed by atoms with Crippen LogP contribution in [-0.2, 0) is 9.84 Å². The van der Waals surface area contributed by atoms with Crippen LogP contribution in [0.1, 0.15) is 12.5 Å². The van der Waals surface area contributed by atoms with Gasteiger partial charge in [-0.3, -0.25) is 0 Å². The molecule has 0 aromatic heterocycles. The molecular weight excluding hydrogens is 220 g/mol. The number of sulfone groups is 1. The van der Waals surface area contributed by atoms with E-state index >= 15 is 0 Å². The Morgan fingerprint density at radius 2 is 2.14 bits per heavy atom. The molecule has 1 aromatic rings. The Hall–Kier alpha value is -0.800. The first-order chi connectivity index (χ1) is 6.53. The molecule has 0 aliphatic rings. The third-order valence-electron chi connectivity index (χ3n) is 1.72. The van der Waals surface area contributed by atoms with Gasteiger partial charge in [-0.05, 0) is 23.8 Å². The van der Waals surface area contributed by atoms with Crippen molar-refractivity contribution in [2.75, 3.05) is 5.75 Å². The van der Waals surface area contributed by atoms with E-state index in [-0.39, 0.29) is 5.75 Å². The van der Waals surface area contributed by atoms with Crippen LogP contribution in [0.15, 0.2) is 29.7 Å². The van der Waals surface area contributed by atoms with E-state index in [1.807, 2.05) is 0 Å². The molecule has 0 saturated heterocycles. The second kappa shape index (κ2) is 4.62. The lowest BCUT2D eigenvalue weighted by Gasteiger charge is -1.94. The highest BCUT2D eigenvalue weighted by Crippen LogP contribution is 2.12. The zero-order chi connectivity index (χ0) is 10.6. The van der Waals surface area contributed by atoms with Gasteiger partial charge < -0.3 is 0 Å². The van der Waals surface area contributed by atoms with Crippen molar-refractivity contribution >= 4 is 27.5 Å². The van der Waals surface area contributed by atoms with E-state index in [1.165, 1.54) is 5.41 Å². The third-order valence-corrected chi connectivity index (χ3v) is 3.31. The minimum atomic E-state index is -3.05. The SMILES string of the molecule is CCS(=O)(=O)/C=C/c1cccc(Cl)c1. The standard InChI is InChI=1S/C10H11ClO2S/c1-2-14(12,13)7-6-9-4-3-5-10(11)8-9/h3-8H,2H2,1H3/b7-6+. The van der Waals surface area contributed by atoms with Gasteiger partial charge in [-0.2, -0.15) is 0 Å². The lowest BCUT2D eigenvalue weighted by atomic mass is 10.2. The predicted molar refractivity (Wildman–Crippen MR) is 59.9 cm³/mol. The van der Waals surface area contributed by atoms with Crippen LogP contribution in [0.4, 0.5) is 0 Å². The summed E-state index contributed by atoms with van der Waals surface area (Å²) in [5.74, 6) is 0.115. The van der Waals surface area contributed by atoms with Crippen molar-refractivity contribution < 1.29 is 8.42 Å². The summed E-state index contributed by atoms with van der Waals surface area (Å²) in [5, 5.41) is 1.81. The van der Waals surface area contributed by atoms with E-state index in [0.717, 1.165) is 5.56 Å². The van der Waals surface area contributed by atoms with Crippen LogP contribution in [0, 0.1) is 0 Å². The van der Waals surface area contributed by atoms with Crippen LogP contribution in [0.3, 0.4) is 0 Å². The average Bonchev–Trinajstić information content (AvgIpc) is 2.15. The average molecular weight is 231 g/mol. The predicted octanol–water partition coefficient (Wildman–Crippen LogP) is 2.75. The molecule has 0 radical (unpaired) electrons. The fourth-order valence-corrected chi connectivity index (χ4v) is 1.64. The van der Waals surface area contributed by atoms with E-state index in [1.54, 1.807) is 37.3 Å². The molecule has 0 heterocycles. The first-order valence-electron chi connectivity index (χ1n) is 4.20. The van der Waals surface area contributed by atoms with Gasteiger partial charge in [0.1, 0.15) is 0 Å². The maximum atomic E-state index is 11.1. The zero-order valence-electron chi connectivity index (χ0n) is 7.77. The molecule has 0 amide bonds.